The van der Waals surface area contributed by atoms with E-state index in [1.54, 1.807) is 49.2 Å². The van der Waals surface area contributed by atoms with E-state index in [2.05, 4.69) is 4.99 Å². The molecule has 4 aromatic rings. The van der Waals surface area contributed by atoms with Crippen molar-refractivity contribution in [2.24, 2.45) is 4.99 Å². The number of carbonyl (C=O) groups is 1. The van der Waals surface area contributed by atoms with Crippen LogP contribution in [-0.4, -0.2) is 32.4 Å². The zero-order chi connectivity index (χ0) is 30.3. The Labute approximate surface area is 250 Å². The van der Waals surface area contributed by atoms with Gasteiger partial charge in [0.05, 0.1) is 32.9 Å². The summed E-state index contributed by atoms with van der Waals surface area (Å²) in [5, 5.41) is 11.1. The molecule has 2 aromatic carbocycles. The number of ether oxygens (including phenoxy) is 1. The SMILES string of the molecule is CSc1ccc([C@H]2C(C(=O)OC(C)C)=C(C)N=c3s/c(=C\c4cc(C)n(-c5ccc([N+](=O)[O-])cc5)c4C)c(=O)n32)cc1. The van der Waals surface area contributed by atoms with Gasteiger partial charge in [0.15, 0.2) is 4.80 Å². The maximum atomic E-state index is 14.0. The van der Waals surface area contributed by atoms with Crippen LogP contribution in [-0.2, 0) is 9.53 Å². The third-order valence-corrected chi connectivity index (χ3v) is 8.82. The van der Waals surface area contributed by atoms with Gasteiger partial charge in [-0.05, 0) is 88.4 Å². The Hall–Kier alpha value is -4.22. The third-order valence-electron chi connectivity index (χ3n) is 7.09. The fraction of sp³-hybridized carbons (Fsp3) is 0.258. The van der Waals surface area contributed by atoms with Gasteiger partial charge >= 0.3 is 5.97 Å². The molecule has 42 heavy (non-hydrogen) atoms. The van der Waals surface area contributed by atoms with Crippen molar-refractivity contribution in [3.05, 3.63) is 118 Å². The fourth-order valence-corrected chi connectivity index (χ4v) is 6.60. The molecule has 1 aliphatic rings. The van der Waals surface area contributed by atoms with Gasteiger partial charge in [-0.1, -0.05) is 23.5 Å². The Morgan fingerprint density at radius 3 is 2.38 bits per heavy atom. The van der Waals surface area contributed by atoms with Crippen LogP contribution < -0.4 is 14.9 Å². The van der Waals surface area contributed by atoms with Crippen LogP contribution in [0.1, 0.15) is 49.3 Å². The second-order valence-corrected chi connectivity index (χ2v) is 12.1. The minimum atomic E-state index is -0.682. The highest BCUT2D eigenvalue weighted by Gasteiger charge is 2.33. The molecule has 216 valence electrons. The van der Waals surface area contributed by atoms with Crippen molar-refractivity contribution in [2.75, 3.05) is 6.26 Å². The van der Waals surface area contributed by atoms with Crippen molar-refractivity contribution in [3.8, 4) is 5.69 Å². The van der Waals surface area contributed by atoms with Crippen molar-refractivity contribution in [3.63, 3.8) is 0 Å². The quantitative estimate of drug-likeness (QED) is 0.124. The number of allylic oxidation sites excluding steroid dienone is 1. The highest BCUT2D eigenvalue weighted by atomic mass is 32.2. The van der Waals surface area contributed by atoms with Gasteiger partial charge in [-0.3, -0.25) is 19.5 Å². The number of nitrogens with zero attached hydrogens (tertiary/aromatic N) is 4. The zero-order valence-electron chi connectivity index (χ0n) is 24.1. The Morgan fingerprint density at radius 2 is 1.79 bits per heavy atom. The number of non-ortho nitro benzene ring substituents is 1. The number of nitro benzene ring substituents is 1. The van der Waals surface area contributed by atoms with Crippen molar-refractivity contribution in [1.29, 1.82) is 0 Å². The molecule has 0 fully saturated rings. The van der Waals surface area contributed by atoms with E-state index in [1.165, 1.54) is 23.5 Å². The summed E-state index contributed by atoms with van der Waals surface area (Å²) in [6, 6.07) is 15.5. The molecule has 0 aliphatic carbocycles. The number of thioether (sulfide) groups is 1. The molecule has 1 aliphatic heterocycles. The Kier molecular flexibility index (Phi) is 8.07. The van der Waals surface area contributed by atoms with Crippen LogP contribution in [0.3, 0.4) is 0 Å². The zero-order valence-corrected chi connectivity index (χ0v) is 25.7. The number of rotatable bonds is 7. The maximum Gasteiger partial charge on any atom is 0.338 e. The lowest BCUT2D eigenvalue weighted by Crippen LogP contribution is -2.40. The predicted molar refractivity (Wildman–Crippen MR) is 165 cm³/mol. The molecule has 0 saturated carbocycles. The average Bonchev–Trinajstić information content (AvgIpc) is 3.41. The number of benzene rings is 2. The van der Waals surface area contributed by atoms with E-state index in [-0.39, 0.29) is 17.4 Å². The number of fused-ring (bicyclic) bond motifs is 1. The summed E-state index contributed by atoms with van der Waals surface area (Å²) in [4.78, 5) is 44.3. The molecule has 2 aromatic heterocycles. The Balaban J connectivity index is 1.65. The number of aryl methyl sites for hydroxylation is 1. The molecule has 1 atom stereocenters. The van der Waals surface area contributed by atoms with E-state index in [0.717, 1.165) is 33.1 Å². The first-order chi connectivity index (χ1) is 20.0. The molecule has 0 saturated heterocycles. The summed E-state index contributed by atoms with van der Waals surface area (Å²) in [7, 11) is 0. The third kappa shape index (κ3) is 5.37. The molecule has 11 heteroatoms. The largest absolute Gasteiger partial charge is 0.459 e. The molecule has 0 spiro atoms. The molecule has 5 rings (SSSR count). The maximum absolute atomic E-state index is 14.0. The van der Waals surface area contributed by atoms with Crippen molar-refractivity contribution in [1.82, 2.24) is 9.13 Å². The Morgan fingerprint density at radius 1 is 1.12 bits per heavy atom. The first-order valence-corrected chi connectivity index (χ1v) is 15.4. The highest BCUT2D eigenvalue weighted by molar-refractivity contribution is 7.98. The highest BCUT2D eigenvalue weighted by Crippen LogP contribution is 2.32. The lowest BCUT2D eigenvalue weighted by atomic mass is 9.96. The van der Waals surface area contributed by atoms with Gasteiger partial charge in [-0.2, -0.15) is 0 Å². The summed E-state index contributed by atoms with van der Waals surface area (Å²) in [5.41, 5.74) is 4.85. The van der Waals surface area contributed by atoms with E-state index in [1.807, 2.05) is 61.1 Å². The van der Waals surface area contributed by atoms with Gasteiger partial charge in [0.25, 0.3) is 11.2 Å². The normalized spacial score (nSPS) is 15.1. The summed E-state index contributed by atoms with van der Waals surface area (Å²) in [6.07, 6.45) is 3.51. The van der Waals surface area contributed by atoms with Gasteiger partial charge in [0, 0.05) is 34.1 Å². The van der Waals surface area contributed by atoms with Gasteiger partial charge in [0.2, 0.25) is 0 Å². The topological polar surface area (TPSA) is 109 Å². The number of carbonyl (C=O) groups excluding carboxylic acids is 1. The number of aromatic nitrogens is 2. The second kappa shape index (κ2) is 11.6. The summed E-state index contributed by atoms with van der Waals surface area (Å²) in [5.74, 6) is -0.494. The van der Waals surface area contributed by atoms with Gasteiger partial charge in [-0.25, -0.2) is 9.79 Å². The monoisotopic (exact) mass is 602 g/mol. The predicted octanol–water partition coefficient (Wildman–Crippen LogP) is 5.22. The molecule has 0 amide bonds. The average molecular weight is 603 g/mol. The number of nitro groups is 1. The van der Waals surface area contributed by atoms with Crippen LogP contribution in [0.15, 0.2) is 80.5 Å². The number of thiazole rings is 1. The molecular weight excluding hydrogens is 572 g/mol. The van der Waals surface area contributed by atoms with Crippen molar-refractivity contribution >= 4 is 40.8 Å². The summed E-state index contributed by atoms with van der Waals surface area (Å²) in [6.45, 7) is 9.24. The molecule has 0 unspecified atom stereocenters. The molecule has 0 radical (unpaired) electrons. The first kappa shape index (κ1) is 29.3. The van der Waals surface area contributed by atoms with Gasteiger partial charge in [-0.15, -0.1) is 11.8 Å². The Bertz CT molecular complexity index is 1910. The molecule has 3 heterocycles. The summed E-state index contributed by atoms with van der Waals surface area (Å²) < 4.78 is 9.65. The molecule has 9 nitrogen and oxygen atoms in total. The smallest absolute Gasteiger partial charge is 0.338 e. The fourth-order valence-electron chi connectivity index (χ4n) is 5.16. The summed E-state index contributed by atoms with van der Waals surface area (Å²) >= 11 is 2.89. The molecule has 0 bridgehead atoms. The number of hydrogen-bond donors (Lipinski definition) is 0. The van der Waals surface area contributed by atoms with E-state index in [9.17, 15) is 19.7 Å². The van der Waals surface area contributed by atoms with Gasteiger partial charge < -0.3 is 9.30 Å². The minimum Gasteiger partial charge on any atom is -0.459 e. The number of hydrogen-bond acceptors (Lipinski definition) is 8. The lowest BCUT2D eigenvalue weighted by Gasteiger charge is -2.25. The first-order valence-electron chi connectivity index (χ1n) is 13.3. The van der Waals surface area contributed by atoms with Gasteiger partial charge in [0.1, 0.15) is 0 Å². The molecular formula is C31H30N4O5S2. The van der Waals surface area contributed by atoms with Crippen LogP contribution in [0, 0.1) is 24.0 Å². The minimum absolute atomic E-state index is 0.0205. The van der Waals surface area contributed by atoms with E-state index >= 15 is 0 Å². The number of esters is 1. The van der Waals surface area contributed by atoms with E-state index in [0.29, 0.717) is 20.6 Å². The van der Waals surface area contributed by atoms with Crippen LogP contribution in [0.4, 0.5) is 5.69 Å². The van der Waals surface area contributed by atoms with Crippen LogP contribution in [0.2, 0.25) is 0 Å². The van der Waals surface area contributed by atoms with Crippen LogP contribution in [0.25, 0.3) is 11.8 Å². The van der Waals surface area contributed by atoms with Crippen molar-refractivity contribution in [2.45, 2.75) is 51.7 Å². The van der Waals surface area contributed by atoms with Crippen LogP contribution in [0.5, 0.6) is 0 Å². The lowest BCUT2D eigenvalue weighted by molar-refractivity contribution is -0.384. The second-order valence-electron chi connectivity index (χ2n) is 10.2. The standard InChI is InChI=1S/C31H30N4O5S2/c1-17(2)40-30(37)27-19(4)32-31-34(28(27)21-7-13-25(41-6)14-8-21)29(36)26(42-31)16-22-15-18(3)33(20(22)5)23-9-11-24(12-10-23)35(38)39/h7-17,28H,1-6H3/b26-16-/t28-/m0/s1. The van der Waals surface area contributed by atoms with E-state index in [4.69, 9.17) is 4.74 Å². The van der Waals surface area contributed by atoms with E-state index < -0.39 is 16.9 Å². The van der Waals surface area contributed by atoms with Crippen molar-refractivity contribution < 1.29 is 14.5 Å². The van der Waals surface area contributed by atoms with Crippen LogP contribution >= 0.6 is 23.1 Å². The molecule has 0 N–H and O–H groups in total.